The zero-order valence-corrected chi connectivity index (χ0v) is 33.2. The van der Waals surface area contributed by atoms with Crippen LogP contribution in [0.3, 0.4) is 0 Å². The number of methoxy groups -OCH3 is 3. The second kappa shape index (κ2) is 16.2. The van der Waals surface area contributed by atoms with Gasteiger partial charge in [-0.2, -0.15) is 22.3 Å². The normalized spacial score (nSPS) is 10.6. The number of hydrogen-bond acceptors (Lipinski definition) is 3. The summed E-state index contributed by atoms with van der Waals surface area (Å²) >= 11 is 0. The second-order valence-electron chi connectivity index (χ2n) is 11.5. The van der Waals surface area contributed by atoms with Crippen LogP contribution in [-0.2, 0) is 21.7 Å². The molecule has 0 fully saturated rings. The molecule has 0 saturated heterocycles. The van der Waals surface area contributed by atoms with E-state index in [1.54, 1.807) is 21.3 Å². The molecule has 0 bridgehead atoms. The van der Waals surface area contributed by atoms with Crippen molar-refractivity contribution in [1.82, 2.24) is 0 Å². The van der Waals surface area contributed by atoms with Crippen LogP contribution in [0.4, 0.5) is 0 Å². The number of benzene rings is 3. The number of ether oxygens (including phenoxy) is 3. The van der Waals surface area contributed by atoms with E-state index < -0.39 is 8.07 Å². The summed E-state index contributed by atoms with van der Waals surface area (Å²) in [6.45, 7) is 22.6. The van der Waals surface area contributed by atoms with Crippen molar-refractivity contribution in [3.63, 3.8) is 0 Å². The molecule has 3 nitrogen and oxygen atoms in total. The monoisotopic (exact) mass is 706 g/mol. The molecule has 44 heavy (non-hydrogen) atoms. The molecule has 0 N–H and O–H groups in total. The molecule has 4 aromatic carbocycles. The molecule has 0 saturated carbocycles. The van der Waals surface area contributed by atoms with Crippen LogP contribution in [0.15, 0.2) is 36.4 Å². The molecule has 0 aliphatic heterocycles. The van der Waals surface area contributed by atoms with Crippen molar-refractivity contribution in [3.05, 3.63) is 92.0 Å². The Morgan fingerprint density at radius 2 is 0.682 bits per heavy atom. The van der Waals surface area contributed by atoms with Crippen LogP contribution < -0.4 is 72.2 Å². The van der Waals surface area contributed by atoms with E-state index in [1.807, 2.05) is 0 Å². The minimum absolute atomic E-state index is 0. The van der Waals surface area contributed by atoms with E-state index in [4.69, 9.17) is 14.2 Å². The van der Waals surface area contributed by atoms with Crippen LogP contribution in [0.1, 0.15) is 55.6 Å². The summed E-state index contributed by atoms with van der Waals surface area (Å²) in [5, 5.41) is 5.52. The van der Waals surface area contributed by atoms with E-state index in [0.29, 0.717) is 0 Å². The van der Waals surface area contributed by atoms with Gasteiger partial charge < -0.3 is 51.4 Å². The third kappa shape index (κ3) is 6.68. The van der Waals surface area contributed by atoms with Crippen LogP contribution in [-0.4, -0.2) is 29.4 Å². The number of hydrogen-bond donors (Lipinski definition) is 0. The molecule has 0 atom stereocenters. The van der Waals surface area contributed by atoms with Gasteiger partial charge in [0.15, 0.2) is 0 Å². The molecular formula is C36H45Cl3O3SiTi. The Bertz CT molecular complexity index is 1460. The summed E-state index contributed by atoms with van der Waals surface area (Å²) in [4.78, 5) is 0. The van der Waals surface area contributed by atoms with Crippen LogP contribution in [0.2, 0.25) is 0 Å². The van der Waals surface area contributed by atoms with Crippen molar-refractivity contribution < 1.29 is 73.1 Å². The number of rotatable bonds is 7. The Morgan fingerprint density at radius 1 is 0.432 bits per heavy atom. The third-order valence-corrected chi connectivity index (χ3v) is 15.1. The van der Waals surface area contributed by atoms with Gasteiger partial charge >= 0.3 is 21.7 Å². The van der Waals surface area contributed by atoms with Crippen LogP contribution in [0.25, 0.3) is 0 Å². The van der Waals surface area contributed by atoms with Gasteiger partial charge in [0.05, 0.1) is 21.3 Å². The summed E-state index contributed by atoms with van der Waals surface area (Å²) in [5.74, 6) is 2.67. The fourth-order valence-electron chi connectivity index (χ4n) is 6.62. The van der Waals surface area contributed by atoms with Crippen LogP contribution in [0, 0.1) is 69.2 Å². The molecule has 0 spiro atoms. The topological polar surface area (TPSA) is 27.7 Å². The maximum Gasteiger partial charge on any atom is 4.00 e. The first-order chi connectivity index (χ1) is 18.8. The average Bonchev–Trinajstić information content (AvgIpc) is 3.13. The quantitative estimate of drug-likeness (QED) is 0.116. The molecule has 4 aromatic rings. The van der Waals surface area contributed by atoms with Crippen molar-refractivity contribution in [2.24, 2.45) is 0 Å². The first kappa shape index (κ1) is 42.2. The van der Waals surface area contributed by atoms with Gasteiger partial charge in [0.2, 0.25) is 0 Å². The van der Waals surface area contributed by atoms with E-state index in [1.165, 1.54) is 76.4 Å². The van der Waals surface area contributed by atoms with Gasteiger partial charge in [-0.1, -0.05) is 27.7 Å². The molecule has 8 heteroatoms. The predicted octanol–water partition coefficient (Wildman–Crippen LogP) is -3.10. The molecular weight excluding hydrogens is 663 g/mol. The Hall–Kier alpha value is -1.79. The van der Waals surface area contributed by atoms with Crippen molar-refractivity contribution in [2.45, 2.75) is 69.2 Å². The van der Waals surface area contributed by atoms with E-state index in [-0.39, 0.29) is 58.9 Å². The van der Waals surface area contributed by atoms with Gasteiger partial charge in [-0.3, -0.25) is 0 Å². The van der Waals surface area contributed by atoms with E-state index in [2.05, 4.69) is 106 Å². The Morgan fingerprint density at radius 3 is 0.909 bits per heavy atom. The van der Waals surface area contributed by atoms with Gasteiger partial charge in [0.1, 0.15) is 25.3 Å². The Kier molecular flexibility index (Phi) is 15.5. The van der Waals surface area contributed by atoms with E-state index in [0.717, 1.165) is 17.2 Å². The SMILES string of the molecule is COc1cc(C)c(C)c([Si](c2cc(OC)cc(C)c2C)(c2cc(OC)cc(C)c2C)[c-]2c(C)c(C)c(C)c2C)c1.[Cl-].[Cl-].[Cl-].[Ti+4]. The van der Waals surface area contributed by atoms with Gasteiger partial charge in [-0.25, -0.2) is 0 Å². The summed E-state index contributed by atoms with van der Waals surface area (Å²) < 4.78 is 17.9. The van der Waals surface area contributed by atoms with Crippen LogP contribution >= 0.6 is 0 Å². The molecule has 4 rings (SSSR count). The minimum Gasteiger partial charge on any atom is -1.00 e. The first-order valence-corrected chi connectivity index (χ1v) is 16.1. The standard InChI is InChI=1S/C36H45O3Si.3ClH.Ti/c1-20-14-30(37-11)17-33(23(20)4)40(36-28(9)26(7)27(8)29(36)10,34-18-31(38-12)15-21(2)24(34)5)35-19-32(39-13)16-22(3)25(35)6;;;;/h14-19H,1-13H3;3*1H;/q-1;;;;+4/p-3. The molecule has 236 valence electrons. The Balaban J connectivity index is 0.00000462. The van der Waals surface area contributed by atoms with Crippen molar-refractivity contribution >= 4 is 28.8 Å². The summed E-state index contributed by atoms with van der Waals surface area (Å²) in [5.41, 5.74) is 13.1. The van der Waals surface area contributed by atoms with Gasteiger partial charge in [0, 0.05) is 0 Å². The van der Waals surface area contributed by atoms with Crippen LogP contribution in [0.5, 0.6) is 17.2 Å². The van der Waals surface area contributed by atoms with Crippen molar-refractivity contribution in [3.8, 4) is 17.2 Å². The number of halogens is 3. The molecule has 0 amide bonds. The molecule has 0 aromatic heterocycles. The molecule has 0 aliphatic carbocycles. The zero-order chi connectivity index (χ0) is 29.7. The zero-order valence-electron chi connectivity index (χ0n) is 28.3. The molecule has 0 heterocycles. The van der Waals surface area contributed by atoms with Gasteiger partial charge in [-0.05, 0) is 127 Å². The third-order valence-electron chi connectivity index (χ3n) is 9.65. The summed E-state index contributed by atoms with van der Waals surface area (Å²) in [6.07, 6.45) is 0. The maximum absolute atomic E-state index is 5.95. The van der Waals surface area contributed by atoms with Crippen molar-refractivity contribution in [2.75, 3.05) is 21.3 Å². The molecule has 0 radical (unpaired) electrons. The van der Waals surface area contributed by atoms with Gasteiger partial charge in [-0.15, -0.1) is 5.19 Å². The van der Waals surface area contributed by atoms with Crippen molar-refractivity contribution in [1.29, 1.82) is 0 Å². The average molecular weight is 708 g/mol. The first-order valence-electron chi connectivity index (χ1n) is 14.1. The summed E-state index contributed by atoms with van der Waals surface area (Å²) in [6, 6.07) is 13.4. The maximum atomic E-state index is 5.95. The molecule has 0 unspecified atom stereocenters. The molecule has 0 aliphatic rings. The fourth-order valence-corrected chi connectivity index (χ4v) is 13.2. The Labute approximate surface area is 300 Å². The fraction of sp³-hybridized carbons (Fsp3) is 0.361. The largest absolute Gasteiger partial charge is 4.00 e. The minimum atomic E-state index is -3.01. The smallest absolute Gasteiger partial charge is 1.00 e. The summed E-state index contributed by atoms with van der Waals surface area (Å²) in [7, 11) is 2.30. The van der Waals surface area contributed by atoms with Gasteiger partial charge in [0.25, 0.3) is 0 Å². The number of aryl methyl sites for hydroxylation is 3. The van der Waals surface area contributed by atoms with E-state index in [9.17, 15) is 0 Å². The van der Waals surface area contributed by atoms with E-state index >= 15 is 0 Å². The second-order valence-corrected chi connectivity index (χ2v) is 15.1. The predicted molar refractivity (Wildman–Crippen MR) is 173 cm³/mol.